The predicted molar refractivity (Wildman–Crippen MR) is 97.6 cm³/mol. The molecule has 126 valence electrons. The van der Waals surface area contributed by atoms with Crippen LogP contribution in [0.2, 0.25) is 0 Å². The van der Waals surface area contributed by atoms with Gasteiger partial charge in [0.25, 0.3) is 5.56 Å². The SMILES string of the molecule is CCn1c(SC(C)C(=O)NC(C)C)nc2sc(C)c(C)c2c1=O. The molecule has 0 aliphatic heterocycles. The highest BCUT2D eigenvalue weighted by molar-refractivity contribution is 8.00. The summed E-state index contributed by atoms with van der Waals surface area (Å²) in [6.07, 6.45) is 0. The first-order chi connectivity index (χ1) is 10.8. The molecule has 0 saturated carbocycles. The Morgan fingerprint density at radius 1 is 1.35 bits per heavy atom. The van der Waals surface area contributed by atoms with Crippen molar-refractivity contribution >= 4 is 39.2 Å². The molecule has 1 amide bonds. The lowest BCUT2D eigenvalue weighted by Crippen LogP contribution is -2.36. The molecule has 2 aromatic heterocycles. The average Bonchev–Trinajstić information content (AvgIpc) is 2.73. The van der Waals surface area contributed by atoms with E-state index in [1.165, 1.54) is 23.1 Å². The summed E-state index contributed by atoms with van der Waals surface area (Å²) < 4.78 is 1.66. The largest absolute Gasteiger partial charge is 0.353 e. The first-order valence-corrected chi connectivity index (χ1v) is 9.43. The van der Waals surface area contributed by atoms with Crippen molar-refractivity contribution in [2.45, 2.75) is 64.5 Å². The molecule has 1 N–H and O–H groups in total. The molecule has 23 heavy (non-hydrogen) atoms. The molecule has 0 spiro atoms. The molecule has 1 unspecified atom stereocenters. The number of carbonyl (C=O) groups excluding carboxylic acids is 1. The third kappa shape index (κ3) is 3.61. The summed E-state index contributed by atoms with van der Waals surface area (Å²) in [5.41, 5.74) is 0.991. The molecular weight excluding hydrogens is 330 g/mol. The molecule has 5 nitrogen and oxygen atoms in total. The number of fused-ring (bicyclic) bond motifs is 1. The Hall–Kier alpha value is -1.34. The van der Waals surface area contributed by atoms with Gasteiger partial charge in [0.05, 0.1) is 10.6 Å². The number of hydrogen-bond donors (Lipinski definition) is 1. The van der Waals surface area contributed by atoms with Crippen molar-refractivity contribution in [3.05, 3.63) is 20.8 Å². The van der Waals surface area contributed by atoms with Gasteiger partial charge in [-0.2, -0.15) is 0 Å². The number of amides is 1. The zero-order chi connectivity index (χ0) is 17.3. The Labute approximate surface area is 144 Å². The standard InChI is InChI=1S/C16H23N3O2S2/c1-7-19-15(21)12-9(4)10(5)22-14(12)18-16(19)23-11(6)13(20)17-8(2)3/h8,11H,7H2,1-6H3,(H,17,20). The van der Waals surface area contributed by atoms with E-state index in [4.69, 9.17) is 0 Å². The van der Waals surface area contributed by atoms with E-state index in [0.29, 0.717) is 17.1 Å². The molecule has 7 heteroatoms. The van der Waals surface area contributed by atoms with Crippen LogP contribution >= 0.6 is 23.1 Å². The lowest BCUT2D eigenvalue weighted by atomic mass is 10.2. The second-order valence-electron chi connectivity index (χ2n) is 5.83. The van der Waals surface area contributed by atoms with Crippen LogP contribution in [0.4, 0.5) is 0 Å². The molecule has 0 aromatic carbocycles. The van der Waals surface area contributed by atoms with Crippen molar-refractivity contribution in [2.24, 2.45) is 0 Å². The molecule has 0 saturated heterocycles. The molecule has 0 aliphatic carbocycles. The highest BCUT2D eigenvalue weighted by Crippen LogP contribution is 2.29. The van der Waals surface area contributed by atoms with Gasteiger partial charge < -0.3 is 5.32 Å². The van der Waals surface area contributed by atoms with Crippen molar-refractivity contribution in [2.75, 3.05) is 0 Å². The normalized spacial score (nSPS) is 12.8. The number of thioether (sulfide) groups is 1. The van der Waals surface area contributed by atoms with Crippen LogP contribution in [0, 0.1) is 13.8 Å². The molecule has 0 bridgehead atoms. The van der Waals surface area contributed by atoms with Gasteiger partial charge in [-0.3, -0.25) is 14.2 Å². The Morgan fingerprint density at radius 2 is 2.00 bits per heavy atom. The zero-order valence-corrected chi connectivity index (χ0v) is 16.0. The van der Waals surface area contributed by atoms with E-state index in [1.807, 2.05) is 41.5 Å². The maximum atomic E-state index is 12.8. The maximum Gasteiger partial charge on any atom is 0.263 e. The van der Waals surface area contributed by atoms with E-state index in [9.17, 15) is 9.59 Å². The summed E-state index contributed by atoms with van der Waals surface area (Å²) in [5, 5.41) is 3.90. The number of rotatable bonds is 5. The topological polar surface area (TPSA) is 64.0 Å². The Balaban J connectivity index is 2.45. The van der Waals surface area contributed by atoms with E-state index >= 15 is 0 Å². The molecule has 0 fully saturated rings. The van der Waals surface area contributed by atoms with Crippen LogP contribution in [0.25, 0.3) is 10.2 Å². The summed E-state index contributed by atoms with van der Waals surface area (Å²) in [4.78, 5) is 31.4. The van der Waals surface area contributed by atoms with Crippen molar-refractivity contribution in [1.29, 1.82) is 0 Å². The molecule has 2 aromatic rings. The number of nitrogens with one attached hydrogen (secondary N) is 1. The van der Waals surface area contributed by atoms with Gasteiger partial charge >= 0.3 is 0 Å². The van der Waals surface area contributed by atoms with Crippen LogP contribution < -0.4 is 10.9 Å². The summed E-state index contributed by atoms with van der Waals surface area (Å²) in [6, 6.07) is 0.0944. The minimum Gasteiger partial charge on any atom is -0.353 e. The van der Waals surface area contributed by atoms with E-state index < -0.39 is 0 Å². The van der Waals surface area contributed by atoms with Gasteiger partial charge in [0.2, 0.25) is 5.91 Å². The molecular formula is C16H23N3O2S2. The lowest BCUT2D eigenvalue weighted by molar-refractivity contribution is -0.120. The number of aromatic nitrogens is 2. The summed E-state index contributed by atoms with van der Waals surface area (Å²) in [6.45, 7) is 12.1. The molecule has 2 rings (SSSR count). The Morgan fingerprint density at radius 3 is 2.57 bits per heavy atom. The number of nitrogens with zero attached hydrogens (tertiary/aromatic N) is 2. The van der Waals surface area contributed by atoms with Crippen LogP contribution in [-0.2, 0) is 11.3 Å². The minimum atomic E-state index is -0.304. The van der Waals surface area contributed by atoms with Gasteiger partial charge in [-0.05, 0) is 47.1 Å². The van der Waals surface area contributed by atoms with Crippen LogP contribution in [0.5, 0.6) is 0 Å². The fourth-order valence-corrected chi connectivity index (χ4v) is 4.34. The summed E-state index contributed by atoms with van der Waals surface area (Å²) in [5.74, 6) is -0.0412. The van der Waals surface area contributed by atoms with Gasteiger partial charge in [0.15, 0.2) is 5.16 Å². The quantitative estimate of drug-likeness (QED) is 0.663. The second-order valence-corrected chi connectivity index (χ2v) is 8.34. The summed E-state index contributed by atoms with van der Waals surface area (Å²) in [7, 11) is 0. The molecule has 0 radical (unpaired) electrons. The van der Waals surface area contributed by atoms with Crippen molar-refractivity contribution in [1.82, 2.24) is 14.9 Å². The fraction of sp³-hybridized carbons (Fsp3) is 0.562. The van der Waals surface area contributed by atoms with Crippen molar-refractivity contribution < 1.29 is 4.79 Å². The average molecular weight is 354 g/mol. The number of aryl methyl sites for hydroxylation is 2. The van der Waals surface area contributed by atoms with Crippen LogP contribution in [0.1, 0.15) is 38.1 Å². The number of thiophene rings is 1. The van der Waals surface area contributed by atoms with Crippen LogP contribution in [-0.4, -0.2) is 26.8 Å². The smallest absolute Gasteiger partial charge is 0.263 e. The highest BCUT2D eigenvalue weighted by Gasteiger charge is 2.21. The lowest BCUT2D eigenvalue weighted by Gasteiger charge is -2.16. The maximum absolute atomic E-state index is 12.8. The first-order valence-electron chi connectivity index (χ1n) is 7.73. The number of hydrogen-bond acceptors (Lipinski definition) is 5. The van der Waals surface area contributed by atoms with E-state index in [0.717, 1.165) is 15.3 Å². The van der Waals surface area contributed by atoms with Crippen molar-refractivity contribution in [3.63, 3.8) is 0 Å². The predicted octanol–water partition coefficient (Wildman–Crippen LogP) is 3.10. The third-order valence-electron chi connectivity index (χ3n) is 3.65. The molecule has 1 atom stereocenters. The van der Waals surface area contributed by atoms with Crippen LogP contribution in [0.3, 0.4) is 0 Å². The molecule has 2 heterocycles. The monoisotopic (exact) mass is 353 g/mol. The summed E-state index contributed by atoms with van der Waals surface area (Å²) >= 11 is 2.87. The zero-order valence-electron chi connectivity index (χ0n) is 14.4. The Kier molecular flexibility index (Phi) is 5.52. The van der Waals surface area contributed by atoms with E-state index in [-0.39, 0.29) is 22.8 Å². The Bertz CT molecular complexity index is 793. The van der Waals surface area contributed by atoms with Gasteiger partial charge in [-0.15, -0.1) is 11.3 Å². The van der Waals surface area contributed by atoms with Crippen molar-refractivity contribution in [3.8, 4) is 0 Å². The highest BCUT2D eigenvalue weighted by atomic mass is 32.2. The van der Waals surface area contributed by atoms with E-state index in [2.05, 4.69) is 10.3 Å². The fourth-order valence-electron chi connectivity index (χ4n) is 2.29. The van der Waals surface area contributed by atoms with Gasteiger partial charge in [-0.25, -0.2) is 4.98 Å². The second kappa shape index (κ2) is 7.05. The molecule has 0 aliphatic rings. The van der Waals surface area contributed by atoms with E-state index in [1.54, 1.807) is 4.57 Å². The van der Waals surface area contributed by atoms with Gasteiger partial charge in [0, 0.05) is 17.5 Å². The third-order valence-corrected chi connectivity index (χ3v) is 5.84. The van der Waals surface area contributed by atoms with Gasteiger partial charge in [0.1, 0.15) is 4.83 Å². The first kappa shape index (κ1) is 18.0. The van der Waals surface area contributed by atoms with Gasteiger partial charge in [-0.1, -0.05) is 11.8 Å². The minimum absolute atomic E-state index is 0.0154. The number of carbonyl (C=O) groups is 1. The van der Waals surface area contributed by atoms with Crippen LogP contribution in [0.15, 0.2) is 9.95 Å².